The largest absolute Gasteiger partial charge is 0.504 e. The molecule has 5 nitrogen and oxygen atoms in total. The Kier molecular flexibility index (Phi) is 5.34. The summed E-state index contributed by atoms with van der Waals surface area (Å²) < 4.78 is 13.4. The summed E-state index contributed by atoms with van der Waals surface area (Å²) in [4.78, 5) is 21.8. The topological polar surface area (TPSA) is 61.8 Å². The van der Waals surface area contributed by atoms with Gasteiger partial charge in [0.1, 0.15) is 0 Å². The fraction of sp³-hybridized carbons (Fsp3) is 0.500. The lowest BCUT2D eigenvalue weighted by Gasteiger charge is -2.02. The zero-order valence-electron chi connectivity index (χ0n) is 7.83. The second-order valence-corrected chi connectivity index (χ2v) is 2.12. The predicted molar refractivity (Wildman–Crippen MR) is 43.7 cm³/mol. The van der Waals surface area contributed by atoms with Crippen LogP contribution >= 0.6 is 0 Å². The van der Waals surface area contributed by atoms with Gasteiger partial charge in [-0.15, -0.1) is 0 Å². The van der Waals surface area contributed by atoms with E-state index < -0.39 is 11.9 Å². The summed E-state index contributed by atoms with van der Waals surface area (Å²) in [5.41, 5.74) is 0.122. The van der Waals surface area contributed by atoms with E-state index in [1.807, 2.05) is 0 Å². The maximum absolute atomic E-state index is 11.0. The van der Waals surface area contributed by atoms with Gasteiger partial charge in [-0.05, 0) is 0 Å². The zero-order chi connectivity index (χ0) is 10.3. The molecule has 74 valence electrons. The van der Waals surface area contributed by atoms with Gasteiger partial charge in [-0.25, -0.2) is 4.79 Å². The summed E-state index contributed by atoms with van der Waals surface area (Å²) in [6, 6.07) is 0. The number of ether oxygens (including phenoxy) is 3. The third kappa shape index (κ3) is 4.15. The van der Waals surface area contributed by atoms with Crippen molar-refractivity contribution in [1.29, 1.82) is 0 Å². The Morgan fingerprint density at radius 2 is 1.77 bits per heavy atom. The van der Waals surface area contributed by atoms with Crippen LogP contribution in [0.3, 0.4) is 0 Å². The standard InChI is InChI=1S/C8H12O5/c1-11-5-6(8(10)13-3)4-7(9)12-2/h5H,4H2,1-3H3/b6-5+. The Morgan fingerprint density at radius 1 is 1.15 bits per heavy atom. The summed E-state index contributed by atoms with van der Waals surface area (Å²) in [6.07, 6.45) is 1.000. The predicted octanol–water partition coefficient (Wildman–Crippen LogP) is 0.253. The van der Waals surface area contributed by atoms with Gasteiger partial charge in [0.15, 0.2) is 0 Å². The van der Waals surface area contributed by atoms with Gasteiger partial charge in [-0.3, -0.25) is 4.79 Å². The van der Waals surface area contributed by atoms with Gasteiger partial charge in [-0.1, -0.05) is 0 Å². The first-order chi connectivity index (χ1) is 6.15. The maximum atomic E-state index is 11.0. The van der Waals surface area contributed by atoms with Gasteiger partial charge in [0.05, 0.1) is 39.6 Å². The summed E-state index contributed by atoms with van der Waals surface area (Å²) in [5, 5.41) is 0. The molecule has 0 aliphatic heterocycles. The van der Waals surface area contributed by atoms with Crippen LogP contribution in [-0.2, 0) is 23.8 Å². The molecule has 0 aliphatic rings. The lowest BCUT2D eigenvalue weighted by Crippen LogP contribution is -2.11. The first kappa shape index (κ1) is 11.5. The normalized spacial score (nSPS) is 10.5. The molecule has 0 fully saturated rings. The van der Waals surface area contributed by atoms with Crippen molar-refractivity contribution in [3.63, 3.8) is 0 Å². The Morgan fingerprint density at radius 3 is 2.15 bits per heavy atom. The van der Waals surface area contributed by atoms with Crippen LogP contribution in [0, 0.1) is 0 Å². The van der Waals surface area contributed by atoms with E-state index in [1.165, 1.54) is 21.3 Å². The average molecular weight is 188 g/mol. The van der Waals surface area contributed by atoms with Crippen molar-refractivity contribution in [2.75, 3.05) is 21.3 Å². The fourth-order valence-corrected chi connectivity index (χ4v) is 0.663. The fourth-order valence-electron chi connectivity index (χ4n) is 0.663. The third-order valence-electron chi connectivity index (χ3n) is 1.27. The Hall–Kier alpha value is -1.52. The highest BCUT2D eigenvalue weighted by Crippen LogP contribution is 2.04. The minimum Gasteiger partial charge on any atom is -0.504 e. The number of esters is 2. The van der Waals surface area contributed by atoms with E-state index in [1.54, 1.807) is 0 Å². The number of methoxy groups -OCH3 is 3. The van der Waals surface area contributed by atoms with E-state index in [0.29, 0.717) is 0 Å². The minimum absolute atomic E-state index is 0.122. The van der Waals surface area contributed by atoms with Crippen LogP contribution in [0.2, 0.25) is 0 Å². The monoisotopic (exact) mass is 188 g/mol. The van der Waals surface area contributed by atoms with E-state index in [0.717, 1.165) is 6.26 Å². The number of carbonyl (C=O) groups excluding carboxylic acids is 2. The lowest BCUT2D eigenvalue weighted by atomic mass is 10.2. The molecular weight excluding hydrogens is 176 g/mol. The van der Waals surface area contributed by atoms with Crippen LogP contribution in [0.1, 0.15) is 6.42 Å². The smallest absolute Gasteiger partial charge is 0.337 e. The SMILES string of the molecule is CO/C=C(\CC(=O)OC)C(=O)OC. The molecule has 0 atom stereocenters. The summed E-state index contributed by atoms with van der Waals surface area (Å²) in [5.74, 6) is -1.12. The molecule has 0 aromatic heterocycles. The van der Waals surface area contributed by atoms with Gasteiger partial charge in [0, 0.05) is 0 Å². The van der Waals surface area contributed by atoms with Gasteiger partial charge in [-0.2, -0.15) is 0 Å². The zero-order valence-corrected chi connectivity index (χ0v) is 7.83. The Labute approximate surface area is 76.3 Å². The number of carbonyl (C=O) groups is 2. The maximum Gasteiger partial charge on any atom is 0.337 e. The van der Waals surface area contributed by atoms with Crippen molar-refractivity contribution >= 4 is 11.9 Å². The summed E-state index contributed by atoms with van der Waals surface area (Å²) in [7, 11) is 3.84. The average Bonchev–Trinajstić information content (AvgIpc) is 2.15. The molecule has 0 unspecified atom stereocenters. The molecule has 13 heavy (non-hydrogen) atoms. The van der Waals surface area contributed by atoms with Crippen molar-refractivity contribution in [3.05, 3.63) is 11.8 Å². The molecule has 0 saturated heterocycles. The van der Waals surface area contributed by atoms with Gasteiger partial charge >= 0.3 is 11.9 Å². The molecule has 0 aromatic rings. The molecule has 0 heterocycles. The highest BCUT2D eigenvalue weighted by atomic mass is 16.5. The molecule has 5 heteroatoms. The molecule has 0 aliphatic carbocycles. The van der Waals surface area contributed by atoms with Gasteiger partial charge in [0.2, 0.25) is 0 Å². The van der Waals surface area contributed by atoms with E-state index in [9.17, 15) is 9.59 Å². The van der Waals surface area contributed by atoms with E-state index in [4.69, 9.17) is 0 Å². The first-order valence-electron chi connectivity index (χ1n) is 3.52. The number of rotatable bonds is 4. The highest BCUT2D eigenvalue weighted by molar-refractivity contribution is 5.93. The molecule has 0 aromatic carbocycles. The molecule has 0 spiro atoms. The number of hydrogen-bond acceptors (Lipinski definition) is 5. The van der Waals surface area contributed by atoms with E-state index in [2.05, 4.69) is 14.2 Å². The molecule has 0 N–H and O–H groups in total. The second-order valence-electron chi connectivity index (χ2n) is 2.12. The number of hydrogen-bond donors (Lipinski definition) is 0. The van der Waals surface area contributed by atoms with Gasteiger partial charge < -0.3 is 14.2 Å². The van der Waals surface area contributed by atoms with Crippen LogP contribution in [0.5, 0.6) is 0 Å². The van der Waals surface area contributed by atoms with Crippen molar-refractivity contribution < 1.29 is 23.8 Å². The minimum atomic E-state index is -0.604. The van der Waals surface area contributed by atoms with E-state index in [-0.39, 0.29) is 12.0 Å². The molecule has 0 amide bonds. The van der Waals surface area contributed by atoms with Crippen molar-refractivity contribution in [3.8, 4) is 0 Å². The quantitative estimate of drug-likeness (QED) is 0.359. The Bertz CT molecular complexity index is 219. The highest BCUT2D eigenvalue weighted by Gasteiger charge is 2.14. The van der Waals surface area contributed by atoms with E-state index >= 15 is 0 Å². The summed E-state index contributed by atoms with van der Waals surface area (Å²) in [6.45, 7) is 0. The third-order valence-corrected chi connectivity index (χ3v) is 1.27. The Balaban J connectivity index is 4.36. The van der Waals surface area contributed by atoms with Crippen molar-refractivity contribution in [1.82, 2.24) is 0 Å². The van der Waals surface area contributed by atoms with Crippen LogP contribution < -0.4 is 0 Å². The molecule has 0 radical (unpaired) electrons. The first-order valence-corrected chi connectivity index (χ1v) is 3.52. The molecule has 0 saturated carbocycles. The van der Waals surface area contributed by atoms with Crippen LogP contribution in [0.25, 0.3) is 0 Å². The van der Waals surface area contributed by atoms with Crippen molar-refractivity contribution in [2.45, 2.75) is 6.42 Å². The van der Waals surface area contributed by atoms with Crippen molar-refractivity contribution in [2.24, 2.45) is 0 Å². The van der Waals surface area contributed by atoms with Crippen LogP contribution in [0.4, 0.5) is 0 Å². The molecule has 0 rings (SSSR count). The van der Waals surface area contributed by atoms with Crippen LogP contribution in [0.15, 0.2) is 11.8 Å². The second kappa shape index (κ2) is 6.05. The van der Waals surface area contributed by atoms with Crippen LogP contribution in [-0.4, -0.2) is 33.3 Å². The lowest BCUT2D eigenvalue weighted by molar-refractivity contribution is -0.143. The van der Waals surface area contributed by atoms with Gasteiger partial charge in [0.25, 0.3) is 0 Å². The molecular formula is C8H12O5. The summed E-state index contributed by atoms with van der Waals surface area (Å²) >= 11 is 0. The molecule has 0 bridgehead atoms.